The topological polar surface area (TPSA) is 35.2 Å². The zero-order valence-electron chi connectivity index (χ0n) is 11.3. The third kappa shape index (κ3) is 3.50. The quantitative estimate of drug-likeness (QED) is 0.900. The molecule has 0 saturated heterocycles. The van der Waals surface area contributed by atoms with E-state index in [0.717, 1.165) is 11.3 Å². The van der Waals surface area contributed by atoms with Gasteiger partial charge in [0.05, 0.1) is 6.61 Å². The first-order valence-corrected chi connectivity index (χ1v) is 6.91. The van der Waals surface area contributed by atoms with Crippen molar-refractivity contribution in [2.24, 2.45) is 5.73 Å². The van der Waals surface area contributed by atoms with Crippen molar-refractivity contribution in [3.63, 3.8) is 0 Å². The Balaban J connectivity index is 2.13. The number of halogens is 2. The van der Waals surface area contributed by atoms with Crippen molar-refractivity contribution in [1.82, 2.24) is 0 Å². The first-order chi connectivity index (χ1) is 9.61. The van der Waals surface area contributed by atoms with Crippen molar-refractivity contribution in [1.29, 1.82) is 0 Å². The molecule has 20 heavy (non-hydrogen) atoms. The first-order valence-electron chi connectivity index (χ1n) is 6.53. The Morgan fingerprint density at radius 1 is 1.20 bits per heavy atom. The molecule has 2 rings (SSSR count). The van der Waals surface area contributed by atoms with Crippen molar-refractivity contribution in [3.05, 3.63) is 64.4 Å². The predicted octanol–water partition coefficient (Wildman–Crippen LogP) is 4.12. The van der Waals surface area contributed by atoms with Gasteiger partial charge < -0.3 is 10.5 Å². The zero-order chi connectivity index (χ0) is 14.5. The third-order valence-electron chi connectivity index (χ3n) is 3.10. The van der Waals surface area contributed by atoms with Crippen molar-refractivity contribution in [2.45, 2.75) is 19.4 Å². The minimum absolute atomic E-state index is 0.305. The van der Waals surface area contributed by atoms with Crippen LogP contribution in [0.3, 0.4) is 0 Å². The van der Waals surface area contributed by atoms with Crippen LogP contribution >= 0.6 is 11.6 Å². The van der Waals surface area contributed by atoms with Crippen LogP contribution in [-0.2, 0) is 6.42 Å². The number of hydrogen-bond acceptors (Lipinski definition) is 2. The van der Waals surface area contributed by atoms with Gasteiger partial charge in [-0.25, -0.2) is 4.39 Å². The van der Waals surface area contributed by atoms with Crippen LogP contribution in [0.5, 0.6) is 5.75 Å². The van der Waals surface area contributed by atoms with Gasteiger partial charge in [-0.3, -0.25) is 0 Å². The first kappa shape index (κ1) is 14.8. The maximum absolute atomic E-state index is 13.7. The number of nitrogens with two attached hydrogens (primary N) is 1. The van der Waals surface area contributed by atoms with E-state index in [-0.39, 0.29) is 11.9 Å². The molecule has 0 heterocycles. The van der Waals surface area contributed by atoms with Crippen LogP contribution in [0, 0.1) is 5.82 Å². The molecule has 1 atom stereocenters. The Kier molecular flexibility index (Phi) is 4.99. The summed E-state index contributed by atoms with van der Waals surface area (Å²) in [6.45, 7) is 2.55. The summed E-state index contributed by atoms with van der Waals surface area (Å²) < 4.78 is 19.1. The molecular weight excluding hydrogens is 277 g/mol. The van der Waals surface area contributed by atoms with Gasteiger partial charge in [0, 0.05) is 16.6 Å². The monoisotopic (exact) mass is 293 g/mol. The van der Waals surface area contributed by atoms with Crippen molar-refractivity contribution < 1.29 is 9.13 Å². The normalized spacial score (nSPS) is 12.2. The fraction of sp³-hybridized carbons (Fsp3) is 0.250. The second-order valence-corrected chi connectivity index (χ2v) is 4.92. The lowest BCUT2D eigenvalue weighted by atomic mass is 9.99. The van der Waals surface area contributed by atoms with E-state index in [2.05, 4.69) is 0 Å². The van der Waals surface area contributed by atoms with Crippen LogP contribution in [0.2, 0.25) is 5.02 Å². The van der Waals surface area contributed by atoms with E-state index in [1.807, 2.05) is 31.2 Å². The summed E-state index contributed by atoms with van der Waals surface area (Å²) in [6, 6.07) is 11.9. The Labute approximate surface area is 123 Å². The molecule has 0 bridgehead atoms. The van der Waals surface area contributed by atoms with Crippen LogP contribution in [0.4, 0.5) is 4.39 Å². The van der Waals surface area contributed by atoms with Crippen molar-refractivity contribution >= 4 is 11.6 Å². The average molecular weight is 294 g/mol. The van der Waals surface area contributed by atoms with Gasteiger partial charge in [0.2, 0.25) is 0 Å². The van der Waals surface area contributed by atoms with Gasteiger partial charge in [-0.15, -0.1) is 0 Å². The fourth-order valence-corrected chi connectivity index (χ4v) is 2.28. The Morgan fingerprint density at radius 3 is 2.50 bits per heavy atom. The summed E-state index contributed by atoms with van der Waals surface area (Å²) in [7, 11) is 0. The molecule has 0 aliphatic carbocycles. The Bertz CT molecular complexity index is 551. The summed E-state index contributed by atoms with van der Waals surface area (Å²) in [4.78, 5) is 0. The average Bonchev–Trinajstić information content (AvgIpc) is 2.44. The summed E-state index contributed by atoms with van der Waals surface area (Å²) in [5, 5.41) is 0.409. The Morgan fingerprint density at radius 2 is 1.90 bits per heavy atom. The van der Waals surface area contributed by atoms with Gasteiger partial charge in [-0.05, 0) is 43.2 Å². The number of benzene rings is 2. The smallest absolute Gasteiger partial charge is 0.127 e. The summed E-state index contributed by atoms with van der Waals surface area (Å²) in [5.74, 6) is 0.478. The maximum Gasteiger partial charge on any atom is 0.127 e. The molecule has 0 radical (unpaired) electrons. The van der Waals surface area contributed by atoms with Gasteiger partial charge >= 0.3 is 0 Å². The second-order valence-electron chi connectivity index (χ2n) is 4.51. The molecule has 2 nitrogen and oxygen atoms in total. The molecule has 1 unspecified atom stereocenters. The molecule has 2 aromatic carbocycles. The van der Waals surface area contributed by atoms with E-state index in [9.17, 15) is 4.39 Å². The maximum atomic E-state index is 13.7. The predicted molar refractivity (Wildman–Crippen MR) is 79.7 cm³/mol. The molecule has 2 aromatic rings. The van der Waals surface area contributed by atoms with Crippen LogP contribution in [0.15, 0.2) is 42.5 Å². The minimum Gasteiger partial charge on any atom is -0.494 e. The van der Waals surface area contributed by atoms with Crippen molar-refractivity contribution in [3.8, 4) is 5.75 Å². The third-order valence-corrected chi connectivity index (χ3v) is 3.46. The van der Waals surface area contributed by atoms with Crippen molar-refractivity contribution in [2.75, 3.05) is 6.61 Å². The highest BCUT2D eigenvalue weighted by molar-refractivity contribution is 6.31. The highest BCUT2D eigenvalue weighted by Crippen LogP contribution is 2.25. The highest BCUT2D eigenvalue weighted by Gasteiger charge is 2.13. The summed E-state index contributed by atoms with van der Waals surface area (Å²) >= 11 is 6.01. The van der Waals surface area contributed by atoms with Crippen LogP contribution in [0.1, 0.15) is 24.1 Å². The second kappa shape index (κ2) is 6.73. The lowest BCUT2D eigenvalue weighted by Gasteiger charge is -2.14. The lowest BCUT2D eigenvalue weighted by Crippen LogP contribution is -2.14. The van der Waals surface area contributed by atoms with E-state index in [0.29, 0.717) is 23.6 Å². The van der Waals surface area contributed by atoms with E-state index in [4.69, 9.17) is 22.1 Å². The van der Waals surface area contributed by atoms with Crippen LogP contribution < -0.4 is 10.5 Å². The van der Waals surface area contributed by atoms with Gasteiger partial charge in [0.25, 0.3) is 0 Å². The lowest BCUT2D eigenvalue weighted by molar-refractivity contribution is 0.340. The van der Waals surface area contributed by atoms with E-state index < -0.39 is 0 Å². The van der Waals surface area contributed by atoms with Gasteiger partial charge in [-0.2, -0.15) is 0 Å². The van der Waals surface area contributed by atoms with Gasteiger partial charge in [0.1, 0.15) is 11.6 Å². The summed E-state index contributed by atoms with van der Waals surface area (Å²) in [6.07, 6.45) is 0.361. The van der Waals surface area contributed by atoms with Crippen LogP contribution in [0.25, 0.3) is 0 Å². The fourth-order valence-electron chi connectivity index (χ4n) is 2.04. The molecular formula is C16H17ClFNO. The largest absolute Gasteiger partial charge is 0.494 e. The molecule has 0 fully saturated rings. The molecule has 0 aliphatic rings. The highest BCUT2D eigenvalue weighted by atomic mass is 35.5. The summed E-state index contributed by atoms with van der Waals surface area (Å²) in [5.41, 5.74) is 7.50. The molecule has 0 saturated carbocycles. The van der Waals surface area contributed by atoms with Crippen LogP contribution in [-0.4, -0.2) is 6.61 Å². The van der Waals surface area contributed by atoms with E-state index in [1.165, 1.54) is 6.07 Å². The van der Waals surface area contributed by atoms with E-state index in [1.54, 1.807) is 12.1 Å². The molecule has 0 aromatic heterocycles. The van der Waals surface area contributed by atoms with Gasteiger partial charge in [-0.1, -0.05) is 29.8 Å². The van der Waals surface area contributed by atoms with Gasteiger partial charge in [0.15, 0.2) is 0 Å². The molecule has 0 amide bonds. The zero-order valence-corrected chi connectivity index (χ0v) is 12.0. The molecule has 2 N–H and O–H groups in total. The Hall–Kier alpha value is -1.58. The molecule has 106 valence electrons. The number of ether oxygens (including phenoxy) is 1. The molecule has 0 aliphatic heterocycles. The molecule has 0 spiro atoms. The SMILES string of the molecule is CCOc1ccc(C(N)Cc2c(F)cccc2Cl)cc1. The van der Waals surface area contributed by atoms with E-state index >= 15 is 0 Å². The minimum atomic E-state index is -0.320. The molecule has 4 heteroatoms. The number of rotatable bonds is 5. The standard InChI is InChI=1S/C16H17ClFNO/c1-2-20-12-8-6-11(7-9-12)16(19)10-13-14(17)4-3-5-15(13)18/h3-9,16H,2,10,19H2,1H3. The number of hydrogen-bond donors (Lipinski definition) is 1.